The molecular weight excluding hydrogens is 298 g/mol. The molecule has 1 saturated heterocycles. The molecule has 7 nitrogen and oxygen atoms in total. The van der Waals surface area contributed by atoms with E-state index in [1.54, 1.807) is 0 Å². The maximum Gasteiger partial charge on any atom is 0.322 e. The van der Waals surface area contributed by atoms with Gasteiger partial charge in [0.15, 0.2) is 0 Å². The van der Waals surface area contributed by atoms with Gasteiger partial charge in [0, 0.05) is 20.1 Å². The van der Waals surface area contributed by atoms with Crippen LogP contribution in [0.25, 0.3) is 0 Å². The Bertz CT molecular complexity index is 612. The first-order valence-electron chi connectivity index (χ1n) is 6.31. The van der Waals surface area contributed by atoms with Gasteiger partial charge in [-0.15, -0.1) is 0 Å². The molecule has 1 heterocycles. The van der Waals surface area contributed by atoms with E-state index in [1.165, 1.54) is 38.5 Å². The van der Waals surface area contributed by atoms with Gasteiger partial charge in [-0.2, -0.15) is 4.31 Å². The highest BCUT2D eigenvalue weighted by atomic mass is 32.2. The average Bonchev–Trinajstić information content (AvgIpc) is 2.92. The fourth-order valence-electron chi connectivity index (χ4n) is 2.31. The molecule has 1 aromatic carbocycles. The van der Waals surface area contributed by atoms with Crippen LogP contribution >= 0.6 is 0 Å². The second-order valence-electron chi connectivity index (χ2n) is 4.70. The van der Waals surface area contributed by atoms with Crippen LogP contribution in [0.4, 0.5) is 0 Å². The van der Waals surface area contributed by atoms with Crippen LogP contribution in [-0.2, 0) is 19.6 Å². The van der Waals surface area contributed by atoms with Gasteiger partial charge in [0.25, 0.3) is 0 Å². The van der Waals surface area contributed by atoms with Crippen LogP contribution in [0.1, 0.15) is 6.42 Å². The van der Waals surface area contributed by atoms with Crippen LogP contribution in [0.3, 0.4) is 0 Å². The molecule has 8 heteroatoms. The maximum absolute atomic E-state index is 12.6. The van der Waals surface area contributed by atoms with Crippen molar-refractivity contribution in [2.24, 2.45) is 0 Å². The summed E-state index contributed by atoms with van der Waals surface area (Å²) in [5.74, 6) is -0.647. The number of nitrogens with zero attached hydrogens (tertiary/aromatic N) is 1. The lowest BCUT2D eigenvalue weighted by Gasteiger charge is -2.20. The van der Waals surface area contributed by atoms with Crippen molar-refractivity contribution in [2.45, 2.75) is 23.5 Å². The Labute approximate surface area is 123 Å². The van der Waals surface area contributed by atoms with Crippen molar-refractivity contribution in [3.05, 3.63) is 24.3 Å². The Morgan fingerprint density at radius 3 is 2.38 bits per heavy atom. The molecule has 0 spiro atoms. The van der Waals surface area contributed by atoms with Crippen molar-refractivity contribution in [1.29, 1.82) is 0 Å². The molecule has 2 unspecified atom stereocenters. The van der Waals surface area contributed by atoms with Crippen LogP contribution in [-0.4, -0.2) is 56.7 Å². The Morgan fingerprint density at radius 1 is 1.29 bits per heavy atom. The number of sulfonamides is 1. The fraction of sp³-hybridized carbons (Fsp3) is 0.462. The lowest BCUT2D eigenvalue weighted by atomic mass is 10.2. The number of carbonyl (C=O) groups is 1. The molecule has 21 heavy (non-hydrogen) atoms. The van der Waals surface area contributed by atoms with E-state index in [-0.39, 0.29) is 17.9 Å². The number of hydrogen-bond acceptors (Lipinski definition) is 5. The fourth-order valence-corrected chi connectivity index (χ4v) is 3.94. The maximum atomic E-state index is 12.6. The van der Waals surface area contributed by atoms with Crippen LogP contribution in [0.5, 0.6) is 5.75 Å². The molecule has 0 aromatic heterocycles. The first-order valence-corrected chi connectivity index (χ1v) is 7.75. The zero-order valence-corrected chi connectivity index (χ0v) is 12.5. The highest BCUT2D eigenvalue weighted by Gasteiger charge is 2.44. The molecule has 1 aliphatic rings. The van der Waals surface area contributed by atoms with Gasteiger partial charge < -0.3 is 14.6 Å². The van der Waals surface area contributed by atoms with Crippen LogP contribution in [0, 0.1) is 0 Å². The van der Waals surface area contributed by atoms with E-state index in [2.05, 4.69) is 0 Å². The highest BCUT2D eigenvalue weighted by molar-refractivity contribution is 7.89. The summed E-state index contributed by atoms with van der Waals surface area (Å²) >= 11 is 0. The SMILES string of the molecule is COc1ccc(S(=O)(=O)N2CC(OC)CC2C(=O)O)cc1. The molecule has 0 bridgehead atoms. The van der Waals surface area contributed by atoms with Gasteiger partial charge in [-0.25, -0.2) is 8.42 Å². The smallest absolute Gasteiger partial charge is 0.322 e. The normalized spacial score (nSPS) is 23.1. The number of carboxylic acid groups (broad SMARTS) is 1. The molecule has 1 fully saturated rings. The van der Waals surface area contributed by atoms with E-state index in [0.717, 1.165) is 4.31 Å². The Balaban J connectivity index is 2.34. The van der Waals surface area contributed by atoms with Crippen molar-refractivity contribution >= 4 is 16.0 Å². The first kappa shape index (κ1) is 15.7. The number of ether oxygens (including phenoxy) is 2. The van der Waals surface area contributed by atoms with Crippen molar-refractivity contribution in [2.75, 3.05) is 20.8 Å². The van der Waals surface area contributed by atoms with Gasteiger partial charge in [0.2, 0.25) is 10.0 Å². The second-order valence-corrected chi connectivity index (χ2v) is 6.59. The van der Waals surface area contributed by atoms with Crippen molar-refractivity contribution < 1.29 is 27.8 Å². The van der Waals surface area contributed by atoms with Gasteiger partial charge >= 0.3 is 5.97 Å². The molecule has 0 radical (unpaired) electrons. The molecule has 1 aliphatic heterocycles. The number of rotatable bonds is 5. The number of benzene rings is 1. The average molecular weight is 315 g/mol. The van der Waals surface area contributed by atoms with E-state index in [1.807, 2.05) is 0 Å². The summed E-state index contributed by atoms with van der Waals surface area (Å²) in [6.07, 6.45) is -0.277. The lowest BCUT2D eigenvalue weighted by molar-refractivity contribution is -0.140. The Morgan fingerprint density at radius 2 is 1.90 bits per heavy atom. The Kier molecular flexibility index (Phi) is 4.50. The minimum Gasteiger partial charge on any atom is -0.497 e. The zero-order chi connectivity index (χ0) is 15.6. The minimum atomic E-state index is -3.88. The molecule has 0 saturated carbocycles. The van der Waals surface area contributed by atoms with Gasteiger partial charge in [0.05, 0.1) is 18.1 Å². The van der Waals surface area contributed by atoms with Crippen molar-refractivity contribution in [3.8, 4) is 5.75 Å². The molecular formula is C13H17NO6S. The van der Waals surface area contributed by atoms with E-state index >= 15 is 0 Å². The van der Waals surface area contributed by atoms with Crippen molar-refractivity contribution in [3.63, 3.8) is 0 Å². The quantitative estimate of drug-likeness (QED) is 0.853. The largest absolute Gasteiger partial charge is 0.497 e. The van der Waals surface area contributed by atoms with Crippen LogP contribution in [0.2, 0.25) is 0 Å². The third-order valence-electron chi connectivity index (χ3n) is 3.50. The predicted octanol–water partition coefficient (Wildman–Crippen LogP) is 0.558. The Hall–Kier alpha value is -1.64. The van der Waals surface area contributed by atoms with Crippen LogP contribution < -0.4 is 4.74 Å². The molecule has 1 N–H and O–H groups in total. The summed E-state index contributed by atoms with van der Waals surface area (Å²) < 4.78 is 36.2. The van der Waals surface area contributed by atoms with Gasteiger partial charge in [-0.05, 0) is 24.3 Å². The second kappa shape index (κ2) is 6.00. The summed E-state index contributed by atoms with van der Waals surface area (Å²) in [6.45, 7) is 0.0296. The lowest BCUT2D eigenvalue weighted by Crippen LogP contribution is -2.40. The number of carboxylic acids is 1. The van der Waals surface area contributed by atoms with Gasteiger partial charge in [-0.1, -0.05) is 0 Å². The molecule has 116 valence electrons. The van der Waals surface area contributed by atoms with E-state index in [4.69, 9.17) is 9.47 Å². The number of aliphatic carboxylic acids is 1. The minimum absolute atomic E-state index is 0.0296. The molecule has 0 aliphatic carbocycles. The molecule has 2 atom stereocenters. The zero-order valence-electron chi connectivity index (χ0n) is 11.7. The molecule has 2 rings (SSSR count). The third-order valence-corrected chi connectivity index (χ3v) is 5.39. The standard InChI is InChI=1S/C13H17NO6S/c1-19-9-3-5-11(6-4-9)21(17,18)14-8-10(20-2)7-12(14)13(15)16/h3-6,10,12H,7-8H2,1-2H3,(H,15,16). The molecule has 0 amide bonds. The van der Waals surface area contributed by atoms with Crippen LogP contribution in [0.15, 0.2) is 29.2 Å². The molecule has 1 aromatic rings. The summed E-state index contributed by atoms with van der Waals surface area (Å²) in [7, 11) is -0.967. The summed E-state index contributed by atoms with van der Waals surface area (Å²) in [4.78, 5) is 11.3. The van der Waals surface area contributed by atoms with Crippen molar-refractivity contribution in [1.82, 2.24) is 4.31 Å². The van der Waals surface area contributed by atoms with E-state index in [0.29, 0.717) is 5.75 Å². The summed E-state index contributed by atoms with van der Waals surface area (Å²) in [6, 6.07) is 4.72. The summed E-state index contributed by atoms with van der Waals surface area (Å²) in [5, 5.41) is 9.21. The number of methoxy groups -OCH3 is 2. The first-order chi connectivity index (χ1) is 9.90. The third kappa shape index (κ3) is 3.02. The van der Waals surface area contributed by atoms with E-state index < -0.39 is 28.1 Å². The predicted molar refractivity (Wildman–Crippen MR) is 73.7 cm³/mol. The van der Waals surface area contributed by atoms with E-state index in [9.17, 15) is 18.3 Å². The monoisotopic (exact) mass is 315 g/mol. The highest BCUT2D eigenvalue weighted by Crippen LogP contribution is 2.28. The van der Waals surface area contributed by atoms with Gasteiger partial charge in [-0.3, -0.25) is 4.79 Å². The topological polar surface area (TPSA) is 93.1 Å². The summed E-state index contributed by atoms with van der Waals surface area (Å²) in [5.41, 5.74) is 0. The van der Waals surface area contributed by atoms with Gasteiger partial charge in [0.1, 0.15) is 11.8 Å². The number of hydrogen-bond donors (Lipinski definition) is 1.